The fourth-order valence-corrected chi connectivity index (χ4v) is 8.82. The van der Waals surface area contributed by atoms with Crippen LogP contribution in [0.25, 0.3) is 10.9 Å². The topological polar surface area (TPSA) is 192 Å². The predicted octanol–water partition coefficient (Wildman–Crippen LogP) is 6.00. The van der Waals surface area contributed by atoms with Crippen molar-refractivity contribution in [1.29, 1.82) is 0 Å². The fraction of sp³-hybridized carbons (Fsp3) is 0.349. The van der Waals surface area contributed by atoms with Crippen molar-refractivity contribution in [2.75, 3.05) is 43.1 Å². The lowest BCUT2D eigenvalue weighted by atomic mass is 10.0. The number of imide groups is 2. The van der Waals surface area contributed by atoms with Gasteiger partial charge in [0, 0.05) is 66.6 Å². The van der Waals surface area contributed by atoms with Gasteiger partial charge in [-0.3, -0.25) is 43.9 Å². The number of amides is 6. The fourth-order valence-electron chi connectivity index (χ4n) is 7.55. The Balaban J connectivity index is 0.801. The van der Waals surface area contributed by atoms with Crippen LogP contribution in [0.2, 0.25) is 5.02 Å². The molecule has 4 aromatic rings. The molecule has 1 atom stereocenters. The second-order valence-electron chi connectivity index (χ2n) is 14.9. The number of nitrogens with zero attached hydrogens (tertiary/aromatic N) is 4. The lowest BCUT2D eigenvalue weighted by Crippen LogP contribution is -2.54. The maximum atomic E-state index is 13.7. The molecule has 3 aromatic carbocycles. The van der Waals surface area contributed by atoms with Crippen LogP contribution in [-0.4, -0.2) is 99.8 Å². The van der Waals surface area contributed by atoms with Crippen LogP contribution in [0.4, 0.5) is 21.6 Å². The zero-order valence-corrected chi connectivity index (χ0v) is 34.9. The maximum Gasteiger partial charge on any atom is 0.263 e. The third-order valence-electron chi connectivity index (χ3n) is 10.7. The molecule has 1 aromatic heterocycles. The molecule has 15 nitrogen and oxygen atoms in total. The molecule has 0 spiro atoms. The summed E-state index contributed by atoms with van der Waals surface area (Å²) in [5.74, 6) is -1.42. The highest BCUT2D eigenvalue weighted by Gasteiger charge is 2.45. The molecule has 61 heavy (non-hydrogen) atoms. The van der Waals surface area contributed by atoms with Gasteiger partial charge < -0.3 is 20.7 Å². The van der Waals surface area contributed by atoms with E-state index in [1.54, 1.807) is 36.4 Å². The van der Waals surface area contributed by atoms with Crippen LogP contribution in [0.1, 0.15) is 72.1 Å². The van der Waals surface area contributed by atoms with Gasteiger partial charge in [-0.15, -0.1) is 11.8 Å². The molecule has 3 aliphatic heterocycles. The number of hydrogen-bond donors (Lipinski definition) is 4. The van der Waals surface area contributed by atoms with Crippen LogP contribution in [0.5, 0.6) is 5.75 Å². The van der Waals surface area contributed by atoms with E-state index in [1.165, 1.54) is 49.5 Å². The number of fused-ring (bicyclic) bond motifs is 2. The van der Waals surface area contributed by atoms with Crippen LogP contribution in [-0.2, 0) is 19.2 Å². The zero-order valence-electron chi connectivity index (χ0n) is 33.3. The number of ether oxygens (including phenoxy) is 1. The lowest BCUT2D eigenvalue weighted by Gasteiger charge is -2.31. The van der Waals surface area contributed by atoms with Gasteiger partial charge in [0.15, 0.2) is 0 Å². The summed E-state index contributed by atoms with van der Waals surface area (Å²) in [5, 5.41) is 11.9. The molecule has 4 heterocycles. The molecule has 0 aliphatic carbocycles. The average molecular weight is 871 g/mol. The Kier molecular flexibility index (Phi) is 13.9. The monoisotopic (exact) mass is 870 g/mol. The second-order valence-corrected chi connectivity index (χ2v) is 16.4. The van der Waals surface area contributed by atoms with Crippen molar-refractivity contribution >= 4 is 86.9 Å². The molecular formula is C43H44ClFN8O7S. The van der Waals surface area contributed by atoms with E-state index in [-0.39, 0.29) is 41.3 Å². The van der Waals surface area contributed by atoms with Crippen LogP contribution in [0, 0.1) is 5.82 Å². The molecule has 318 valence electrons. The minimum atomic E-state index is -1.01. The number of carbonyl (C=O) groups is 6. The summed E-state index contributed by atoms with van der Waals surface area (Å²) in [4.78, 5) is 88.6. The number of carbonyl (C=O) groups excluding carboxylic acids is 6. The van der Waals surface area contributed by atoms with Crippen molar-refractivity contribution in [2.45, 2.75) is 68.3 Å². The molecular weight excluding hydrogens is 827 g/mol. The van der Waals surface area contributed by atoms with E-state index in [1.807, 2.05) is 0 Å². The summed E-state index contributed by atoms with van der Waals surface area (Å²) in [5.41, 5.74) is 2.07. The normalized spacial score (nSPS) is 17.2. The number of methoxy groups -OCH3 is 1. The summed E-state index contributed by atoms with van der Waals surface area (Å²) in [7, 11) is 1.50. The van der Waals surface area contributed by atoms with Gasteiger partial charge in [0.25, 0.3) is 11.8 Å². The molecule has 0 saturated carbocycles. The predicted molar refractivity (Wildman–Crippen MR) is 228 cm³/mol. The first-order chi connectivity index (χ1) is 29.5. The molecule has 2 fully saturated rings. The molecule has 3 aliphatic rings. The van der Waals surface area contributed by atoms with Gasteiger partial charge in [-0.05, 0) is 74.3 Å². The standard InChI is InChI=1S/C43H44ClFN8O7S/c1-60-34-23-31-28(40(47-24-46-31)49-26-11-12-30(45)29(44)21-26)22-32(34)50-37(55)10-6-17-52-18-15-25(16-19-52)48-36(54)9-3-2-4-20-61-35-8-5-7-27-39(35)43(59)53(42(27)58)33-13-14-38(56)51-41(33)57/h5-8,10-12,21-25,33H,2-4,9,13-20H2,1H3,(H,48,54)(H,50,55)(H,46,47,49)(H,51,56,57)/b10-6+. The number of hydrogen-bond acceptors (Lipinski definition) is 12. The number of likely N-dealkylation sites (tertiary alicyclic amines) is 1. The number of piperidine rings is 2. The first-order valence-corrected chi connectivity index (χ1v) is 21.4. The molecule has 18 heteroatoms. The molecule has 0 radical (unpaired) electrons. The number of anilines is 3. The van der Waals surface area contributed by atoms with Crippen molar-refractivity contribution in [3.05, 3.63) is 89.0 Å². The molecule has 0 bridgehead atoms. The summed E-state index contributed by atoms with van der Waals surface area (Å²) in [6.07, 6.45) is 9.17. The highest BCUT2D eigenvalue weighted by molar-refractivity contribution is 7.99. The number of aromatic nitrogens is 2. The Bertz CT molecular complexity index is 2410. The SMILES string of the molecule is COc1cc2ncnc(Nc3ccc(F)c(Cl)c3)c2cc1NC(=O)/C=C/CN1CCC(NC(=O)CCCCCSc2cccc3c2C(=O)N(C2CCC(=O)NC2=O)C3=O)CC1. The summed E-state index contributed by atoms with van der Waals surface area (Å²) < 4.78 is 19.2. The first-order valence-electron chi connectivity index (χ1n) is 20.0. The quantitative estimate of drug-likeness (QED) is 0.0445. The van der Waals surface area contributed by atoms with E-state index >= 15 is 0 Å². The van der Waals surface area contributed by atoms with E-state index in [0.717, 1.165) is 43.7 Å². The Morgan fingerprint density at radius 2 is 1.84 bits per heavy atom. The second kappa shape index (κ2) is 19.6. The number of benzene rings is 3. The van der Waals surface area contributed by atoms with Crippen LogP contribution in [0.3, 0.4) is 0 Å². The lowest BCUT2D eigenvalue weighted by molar-refractivity contribution is -0.136. The number of thioether (sulfide) groups is 1. The number of halogens is 2. The van der Waals surface area contributed by atoms with Gasteiger partial charge >= 0.3 is 0 Å². The summed E-state index contributed by atoms with van der Waals surface area (Å²) >= 11 is 7.42. The van der Waals surface area contributed by atoms with Gasteiger partial charge in [-0.2, -0.15) is 0 Å². The highest BCUT2D eigenvalue weighted by atomic mass is 35.5. The minimum Gasteiger partial charge on any atom is -0.494 e. The van der Waals surface area contributed by atoms with Crippen molar-refractivity contribution in [1.82, 2.24) is 30.4 Å². The largest absolute Gasteiger partial charge is 0.494 e. The average Bonchev–Trinajstić information content (AvgIpc) is 3.50. The number of rotatable bonds is 16. The Labute approximate surface area is 360 Å². The third-order valence-corrected chi connectivity index (χ3v) is 12.2. The molecule has 6 amide bonds. The maximum absolute atomic E-state index is 13.7. The number of unbranched alkanes of at least 4 members (excludes halogenated alkanes) is 2. The van der Waals surface area contributed by atoms with E-state index in [9.17, 15) is 33.2 Å². The van der Waals surface area contributed by atoms with Crippen molar-refractivity contribution in [2.24, 2.45) is 0 Å². The van der Waals surface area contributed by atoms with E-state index in [4.69, 9.17) is 16.3 Å². The van der Waals surface area contributed by atoms with E-state index in [2.05, 4.69) is 36.1 Å². The zero-order chi connectivity index (χ0) is 43.0. The highest BCUT2D eigenvalue weighted by Crippen LogP contribution is 2.36. The minimum absolute atomic E-state index is 0.0136. The molecule has 4 N–H and O–H groups in total. The third kappa shape index (κ3) is 10.3. The smallest absolute Gasteiger partial charge is 0.263 e. The molecule has 2 saturated heterocycles. The van der Waals surface area contributed by atoms with Crippen LogP contribution >= 0.6 is 23.4 Å². The van der Waals surface area contributed by atoms with Gasteiger partial charge in [-0.25, -0.2) is 14.4 Å². The molecule has 7 rings (SSSR count). The summed E-state index contributed by atoms with van der Waals surface area (Å²) in [6, 6.07) is 11.8. The Morgan fingerprint density at radius 3 is 2.61 bits per heavy atom. The Hall–Kier alpha value is -5.91. The first kappa shape index (κ1) is 43.2. The summed E-state index contributed by atoms with van der Waals surface area (Å²) in [6.45, 7) is 2.10. The van der Waals surface area contributed by atoms with Crippen molar-refractivity contribution in [3.63, 3.8) is 0 Å². The van der Waals surface area contributed by atoms with Crippen molar-refractivity contribution < 1.29 is 37.9 Å². The van der Waals surface area contributed by atoms with Gasteiger partial charge in [0.05, 0.1) is 34.5 Å². The molecule has 1 unspecified atom stereocenters. The van der Waals surface area contributed by atoms with Gasteiger partial charge in [0.1, 0.15) is 29.8 Å². The van der Waals surface area contributed by atoms with Crippen LogP contribution < -0.4 is 26.0 Å². The van der Waals surface area contributed by atoms with E-state index in [0.29, 0.717) is 69.4 Å². The van der Waals surface area contributed by atoms with Gasteiger partial charge in [-0.1, -0.05) is 30.2 Å². The van der Waals surface area contributed by atoms with Crippen LogP contribution in [0.15, 0.2) is 71.9 Å². The van der Waals surface area contributed by atoms with Gasteiger partial charge in [0.2, 0.25) is 23.6 Å². The Morgan fingerprint density at radius 1 is 1.02 bits per heavy atom. The van der Waals surface area contributed by atoms with Crippen molar-refractivity contribution in [3.8, 4) is 5.75 Å². The number of nitrogens with one attached hydrogen (secondary N) is 4. The van der Waals surface area contributed by atoms with E-state index < -0.39 is 35.5 Å².